The topological polar surface area (TPSA) is 72.2 Å². The van der Waals surface area contributed by atoms with Gasteiger partial charge in [0, 0.05) is 11.6 Å². The molecular weight excluding hydrogens is 243 g/mol. The largest absolute Gasteiger partial charge is 0.476 e. The first-order valence-electron chi connectivity index (χ1n) is 3.81. The summed E-state index contributed by atoms with van der Waals surface area (Å²) in [5.74, 6) is -1.21. The van der Waals surface area contributed by atoms with E-state index in [2.05, 4.69) is 5.10 Å². The van der Waals surface area contributed by atoms with Gasteiger partial charge < -0.3 is 5.11 Å². The molecule has 0 aliphatic carbocycles. The van der Waals surface area contributed by atoms with Gasteiger partial charge in [0.25, 0.3) is 5.56 Å². The number of rotatable bonds is 3. The fourth-order valence-electron chi connectivity index (χ4n) is 0.854. The zero-order valence-corrected chi connectivity index (χ0v) is 8.87. The molecule has 0 fully saturated rings. The van der Waals surface area contributed by atoms with Crippen LogP contribution in [0.5, 0.6) is 0 Å². The Labute approximate surface area is 94.5 Å². The van der Waals surface area contributed by atoms with Gasteiger partial charge in [-0.15, -0.1) is 0 Å². The molecule has 0 amide bonds. The maximum absolute atomic E-state index is 11.2. The molecule has 1 aromatic rings. The van der Waals surface area contributed by atoms with E-state index in [9.17, 15) is 9.59 Å². The number of aromatic carboxylic acids is 1. The molecule has 1 rings (SSSR count). The Morgan fingerprint density at radius 3 is 2.80 bits per heavy atom. The van der Waals surface area contributed by atoms with E-state index in [0.29, 0.717) is 0 Å². The third-order valence-electron chi connectivity index (χ3n) is 1.50. The van der Waals surface area contributed by atoms with Crippen LogP contribution in [0.15, 0.2) is 27.5 Å². The average molecular weight is 249 g/mol. The van der Waals surface area contributed by atoms with Crippen LogP contribution in [-0.2, 0) is 6.54 Å². The maximum atomic E-state index is 11.2. The molecule has 0 aliphatic rings. The number of nitrogens with zero attached hydrogens (tertiary/aromatic N) is 2. The Balaban J connectivity index is 3.11. The molecule has 5 nitrogen and oxygen atoms in total. The summed E-state index contributed by atoms with van der Waals surface area (Å²) in [4.78, 5) is 21.8. The minimum Gasteiger partial charge on any atom is -0.476 e. The van der Waals surface area contributed by atoms with Crippen LogP contribution in [0.2, 0.25) is 0 Å². The van der Waals surface area contributed by atoms with Gasteiger partial charge in [-0.1, -0.05) is 23.2 Å². The molecule has 15 heavy (non-hydrogen) atoms. The molecule has 0 bridgehead atoms. The lowest BCUT2D eigenvalue weighted by Crippen LogP contribution is -2.24. The number of carboxylic acids is 1. The summed E-state index contributed by atoms with van der Waals surface area (Å²) in [6.45, 7) is -0.0506. The van der Waals surface area contributed by atoms with Crippen molar-refractivity contribution in [2.75, 3.05) is 0 Å². The normalized spacial score (nSPS) is 11.5. The van der Waals surface area contributed by atoms with E-state index >= 15 is 0 Å². The van der Waals surface area contributed by atoms with Gasteiger partial charge in [0.1, 0.15) is 0 Å². The first-order valence-corrected chi connectivity index (χ1v) is 4.62. The minimum absolute atomic E-state index is 0.0506. The monoisotopic (exact) mass is 248 g/mol. The van der Waals surface area contributed by atoms with E-state index in [1.807, 2.05) is 0 Å². The summed E-state index contributed by atoms with van der Waals surface area (Å²) in [5, 5.41) is 12.4. The van der Waals surface area contributed by atoms with Crippen LogP contribution in [0.25, 0.3) is 0 Å². The second-order valence-corrected chi connectivity index (χ2v) is 3.28. The Morgan fingerprint density at radius 2 is 2.27 bits per heavy atom. The van der Waals surface area contributed by atoms with E-state index in [1.165, 1.54) is 0 Å². The van der Waals surface area contributed by atoms with Crippen LogP contribution in [0, 0.1) is 0 Å². The third-order valence-corrected chi connectivity index (χ3v) is 2.11. The molecule has 0 saturated heterocycles. The van der Waals surface area contributed by atoms with Gasteiger partial charge in [-0.2, -0.15) is 5.10 Å². The van der Waals surface area contributed by atoms with Crippen molar-refractivity contribution in [1.82, 2.24) is 9.78 Å². The molecule has 0 aliphatic heterocycles. The summed E-state index contributed by atoms with van der Waals surface area (Å²) in [7, 11) is 0. The number of hydrogen-bond donors (Lipinski definition) is 1. The van der Waals surface area contributed by atoms with Crippen LogP contribution in [0.3, 0.4) is 0 Å². The van der Waals surface area contributed by atoms with E-state index < -0.39 is 11.5 Å². The maximum Gasteiger partial charge on any atom is 0.356 e. The second-order valence-electron chi connectivity index (χ2n) is 2.58. The standard InChI is InChI=1S/C8H6Cl2N2O3/c9-3-5(10)4-12-7(13)2-1-6(11-12)8(14)15/h1-3H,4H2,(H,14,15)/b5-3-. The summed E-state index contributed by atoms with van der Waals surface area (Å²) in [6, 6.07) is 2.23. The van der Waals surface area contributed by atoms with E-state index in [4.69, 9.17) is 28.3 Å². The van der Waals surface area contributed by atoms with Crippen molar-refractivity contribution in [3.05, 3.63) is 38.7 Å². The fourth-order valence-corrected chi connectivity index (χ4v) is 1.04. The highest BCUT2D eigenvalue weighted by Crippen LogP contribution is 2.04. The van der Waals surface area contributed by atoms with Crippen molar-refractivity contribution in [1.29, 1.82) is 0 Å². The summed E-state index contributed by atoms with van der Waals surface area (Å²) in [5.41, 5.74) is 0.411. The molecule has 0 unspecified atom stereocenters. The first-order chi connectivity index (χ1) is 7.04. The molecule has 1 heterocycles. The van der Waals surface area contributed by atoms with E-state index in [1.54, 1.807) is 0 Å². The molecule has 7 heteroatoms. The molecule has 80 valence electrons. The van der Waals surface area contributed by atoms with Gasteiger partial charge >= 0.3 is 5.97 Å². The highest BCUT2D eigenvalue weighted by molar-refractivity contribution is 6.36. The summed E-state index contributed by atoms with van der Waals surface area (Å²) < 4.78 is 0.921. The Bertz CT molecular complexity index is 467. The predicted molar refractivity (Wildman–Crippen MR) is 55.2 cm³/mol. The lowest BCUT2D eigenvalue weighted by molar-refractivity contribution is 0.0687. The van der Waals surface area contributed by atoms with Crippen LogP contribution in [0.1, 0.15) is 10.5 Å². The number of allylic oxidation sites excluding steroid dienone is 1. The highest BCUT2D eigenvalue weighted by atomic mass is 35.5. The number of hydrogen-bond acceptors (Lipinski definition) is 3. The van der Waals surface area contributed by atoms with Crippen molar-refractivity contribution in [2.45, 2.75) is 6.54 Å². The number of halogens is 2. The highest BCUT2D eigenvalue weighted by Gasteiger charge is 2.07. The zero-order chi connectivity index (χ0) is 11.4. The molecule has 1 aromatic heterocycles. The molecular formula is C8H6Cl2N2O3. The summed E-state index contributed by atoms with van der Waals surface area (Å²) >= 11 is 10.9. The average Bonchev–Trinajstić information content (AvgIpc) is 2.20. The van der Waals surface area contributed by atoms with Crippen molar-refractivity contribution in [3.8, 4) is 0 Å². The fraction of sp³-hybridized carbons (Fsp3) is 0.125. The summed E-state index contributed by atoms with van der Waals surface area (Å²) in [6.07, 6.45) is 0. The molecule has 1 N–H and O–H groups in total. The Morgan fingerprint density at radius 1 is 1.60 bits per heavy atom. The number of aromatic nitrogens is 2. The quantitative estimate of drug-likeness (QED) is 0.875. The van der Waals surface area contributed by atoms with Gasteiger partial charge in [-0.3, -0.25) is 4.79 Å². The molecule has 0 aromatic carbocycles. The minimum atomic E-state index is -1.21. The number of carboxylic acid groups (broad SMARTS) is 1. The van der Waals surface area contributed by atoms with Crippen molar-refractivity contribution in [3.63, 3.8) is 0 Å². The zero-order valence-electron chi connectivity index (χ0n) is 7.35. The van der Waals surface area contributed by atoms with Crippen LogP contribution in [-0.4, -0.2) is 20.9 Å². The predicted octanol–water partition coefficient (Wildman–Crippen LogP) is 1.26. The first kappa shape index (κ1) is 11.7. The molecule has 0 atom stereocenters. The Hall–Kier alpha value is -1.33. The van der Waals surface area contributed by atoms with Crippen LogP contribution in [0.4, 0.5) is 0 Å². The second kappa shape index (κ2) is 4.95. The van der Waals surface area contributed by atoms with Gasteiger partial charge in [0.05, 0.1) is 11.6 Å². The van der Waals surface area contributed by atoms with Crippen molar-refractivity contribution in [2.24, 2.45) is 0 Å². The van der Waals surface area contributed by atoms with Crippen molar-refractivity contribution >= 4 is 29.2 Å². The van der Waals surface area contributed by atoms with E-state index in [-0.39, 0.29) is 17.3 Å². The van der Waals surface area contributed by atoms with Gasteiger partial charge in [0.15, 0.2) is 5.69 Å². The molecule has 0 radical (unpaired) electrons. The smallest absolute Gasteiger partial charge is 0.356 e. The van der Waals surface area contributed by atoms with Crippen LogP contribution >= 0.6 is 23.2 Å². The SMILES string of the molecule is O=C(O)c1ccc(=O)n(C/C(Cl)=C/Cl)n1. The molecule has 0 saturated carbocycles. The lowest BCUT2D eigenvalue weighted by Gasteiger charge is -2.02. The van der Waals surface area contributed by atoms with Gasteiger partial charge in [0.2, 0.25) is 0 Å². The Kier molecular flexibility index (Phi) is 3.88. The van der Waals surface area contributed by atoms with Gasteiger partial charge in [-0.05, 0) is 6.07 Å². The van der Waals surface area contributed by atoms with Crippen molar-refractivity contribution < 1.29 is 9.90 Å². The van der Waals surface area contributed by atoms with Gasteiger partial charge in [-0.25, -0.2) is 9.48 Å². The third kappa shape index (κ3) is 3.07. The lowest BCUT2D eigenvalue weighted by atomic mass is 10.4. The van der Waals surface area contributed by atoms with Crippen LogP contribution < -0.4 is 5.56 Å². The molecule has 0 spiro atoms. The number of carbonyl (C=O) groups is 1. The van der Waals surface area contributed by atoms with E-state index in [0.717, 1.165) is 22.3 Å².